The van der Waals surface area contributed by atoms with Crippen LogP contribution in [-0.4, -0.2) is 9.78 Å². The van der Waals surface area contributed by atoms with Crippen molar-refractivity contribution in [3.63, 3.8) is 0 Å². The van der Waals surface area contributed by atoms with E-state index in [1.807, 2.05) is 29.1 Å². The van der Waals surface area contributed by atoms with Gasteiger partial charge < -0.3 is 0 Å². The van der Waals surface area contributed by atoms with E-state index in [4.69, 9.17) is 0 Å². The van der Waals surface area contributed by atoms with E-state index in [1.165, 1.54) is 31.2 Å². The number of alkyl halides is 1. The van der Waals surface area contributed by atoms with Crippen LogP contribution in [0.25, 0.3) is 5.69 Å². The van der Waals surface area contributed by atoms with Gasteiger partial charge in [0.05, 0.1) is 11.9 Å². The summed E-state index contributed by atoms with van der Waals surface area (Å²) in [6.45, 7) is 2.37. The number of hydrogen-bond acceptors (Lipinski definition) is 1. The van der Waals surface area contributed by atoms with E-state index in [0.717, 1.165) is 17.5 Å². The summed E-state index contributed by atoms with van der Waals surface area (Å²) in [4.78, 5) is 0.437. The normalized spacial score (nSPS) is 24.5. The van der Waals surface area contributed by atoms with Crippen molar-refractivity contribution in [2.45, 2.75) is 37.4 Å². The molecule has 106 valence electrons. The van der Waals surface area contributed by atoms with Crippen LogP contribution in [-0.2, 0) is 0 Å². The molecule has 3 heteroatoms. The molecule has 0 bridgehead atoms. The molecule has 2 nitrogen and oxygen atoms in total. The van der Waals surface area contributed by atoms with Crippen LogP contribution in [0.3, 0.4) is 0 Å². The van der Waals surface area contributed by atoms with Crippen molar-refractivity contribution in [3.8, 4) is 5.69 Å². The van der Waals surface area contributed by atoms with E-state index < -0.39 is 0 Å². The third kappa shape index (κ3) is 2.98. The number of halogens is 1. The second kappa shape index (κ2) is 6.13. The molecule has 1 aromatic carbocycles. The molecular weight excluding hydrogens is 312 g/mol. The average Bonchev–Trinajstić information content (AvgIpc) is 2.98. The Morgan fingerprint density at radius 2 is 1.85 bits per heavy atom. The summed E-state index contributed by atoms with van der Waals surface area (Å²) in [6.07, 6.45) is 9.54. The first kappa shape index (κ1) is 13.9. The van der Waals surface area contributed by atoms with E-state index in [2.05, 4.69) is 46.3 Å². The zero-order valence-corrected chi connectivity index (χ0v) is 13.5. The van der Waals surface area contributed by atoms with Gasteiger partial charge in [-0.3, -0.25) is 0 Å². The second-order valence-electron chi connectivity index (χ2n) is 5.98. The highest BCUT2D eigenvalue weighted by Crippen LogP contribution is 2.41. The van der Waals surface area contributed by atoms with Gasteiger partial charge in [-0.25, -0.2) is 4.68 Å². The minimum atomic E-state index is 0.437. The molecule has 1 fully saturated rings. The van der Waals surface area contributed by atoms with Crippen LogP contribution in [0.1, 0.15) is 43.0 Å². The van der Waals surface area contributed by atoms with E-state index in [0.29, 0.717) is 4.83 Å². The molecule has 3 rings (SSSR count). The van der Waals surface area contributed by atoms with E-state index in [1.54, 1.807) is 0 Å². The first-order chi connectivity index (χ1) is 9.74. The lowest BCUT2D eigenvalue weighted by molar-refractivity contribution is 0.287. The maximum absolute atomic E-state index is 4.50. The summed E-state index contributed by atoms with van der Waals surface area (Å²) in [6, 6.07) is 10.3. The van der Waals surface area contributed by atoms with E-state index >= 15 is 0 Å². The zero-order chi connectivity index (χ0) is 13.9. The minimum absolute atomic E-state index is 0.437. The standard InChI is InChI=1S/C17H21BrN2/c1-13-7-9-14(10-8-13)17(18)15-11-19-20(12-15)16-5-3-2-4-6-16/h2-6,11-14,17H,7-10H2,1H3. The first-order valence-corrected chi connectivity index (χ1v) is 8.39. The molecule has 1 heterocycles. The average molecular weight is 333 g/mol. The van der Waals surface area contributed by atoms with Gasteiger partial charge in [0.2, 0.25) is 0 Å². The quantitative estimate of drug-likeness (QED) is 0.712. The summed E-state index contributed by atoms with van der Waals surface area (Å²) in [5.74, 6) is 1.65. The van der Waals surface area contributed by atoms with Crippen LogP contribution >= 0.6 is 15.9 Å². The van der Waals surface area contributed by atoms with Crippen molar-refractivity contribution in [2.24, 2.45) is 11.8 Å². The van der Waals surface area contributed by atoms with Gasteiger partial charge in [0.1, 0.15) is 0 Å². The van der Waals surface area contributed by atoms with Gasteiger partial charge in [0.15, 0.2) is 0 Å². The van der Waals surface area contributed by atoms with Crippen molar-refractivity contribution in [1.29, 1.82) is 0 Å². The Morgan fingerprint density at radius 1 is 1.15 bits per heavy atom. The number of hydrogen-bond donors (Lipinski definition) is 0. The fourth-order valence-electron chi connectivity index (χ4n) is 3.05. The number of para-hydroxylation sites is 1. The number of rotatable bonds is 3. The molecule has 2 aromatic rings. The van der Waals surface area contributed by atoms with Gasteiger partial charge in [-0.2, -0.15) is 5.10 Å². The van der Waals surface area contributed by atoms with Gasteiger partial charge in [-0.15, -0.1) is 0 Å². The maximum atomic E-state index is 4.50. The van der Waals surface area contributed by atoms with Gasteiger partial charge in [0.25, 0.3) is 0 Å². The second-order valence-corrected chi connectivity index (χ2v) is 6.96. The molecule has 1 unspecified atom stereocenters. The molecule has 1 aliphatic rings. The Bertz CT molecular complexity index is 541. The Labute approximate surface area is 129 Å². The molecule has 0 N–H and O–H groups in total. The molecule has 0 radical (unpaired) electrons. The Kier molecular flexibility index (Phi) is 4.25. The maximum Gasteiger partial charge on any atom is 0.0645 e. The fourth-order valence-corrected chi connectivity index (χ4v) is 3.82. The summed E-state index contributed by atoms with van der Waals surface area (Å²) in [7, 11) is 0. The molecule has 1 aliphatic carbocycles. The van der Waals surface area contributed by atoms with Crippen LogP contribution < -0.4 is 0 Å². The van der Waals surface area contributed by atoms with E-state index in [-0.39, 0.29) is 0 Å². The highest BCUT2D eigenvalue weighted by Gasteiger charge is 2.26. The Balaban J connectivity index is 1.73. The van der Waals surface area contributed by atoms with Crippen LogP contribution in [0.15, 0.2) is 42.7 Å². The first-order valence-electron chi connectivity index (χ1n) is 7.48. The zero-order valence-electron chi connectivity index (χ0n) is 11.9. The highest BCUT2D eigenvalue weighted by atomic mass is 79.9. The van der Waals surface area contributed by atoms with Gasteiger partial charge in [0, 0.05) is 16.6 Å². The molecule has 0 amide bonds. The van der Waals surface area contributed by atoms with E-state index in [9.17, 15) is 0 Å². The predicted octanol–water partition coefficient (Wildman–Crippen LogP) is 5.13. The lowest BCUT2D eigenvalue weighted by atomic mass is 9.80. The number of nitrogens with zero attached hydrogens (tertiary/aromatic N) is 2. The van der Waals surface area contributed by atoms with Crippen LogP contribution in [0.2, 0.25) is 0 Å². The predicted molar refractivity (Wildman–Crippen MR) is 86.4 cm³/mol. The summed E-state index contributed by atoms with van der Waals surface area (Å²) >= 11 is 3.90. The van der Waals surface area contributed by atoms with Gasteiger partial charge in [-0.1, -0.05) is 53.9 Å². The molecule has 0 saturated heterocycles. The van der Waals surface area contributed by atoms with Gasteiger partial charge >= 0.3 is 0 Å². The molecule has 20 heavy (non-hydrogen) atoms. The minimum Gasteiger partial charge on any atom is -0.241 e. The molecule has 0 aliphatic heterocycles. The van der Waals surface area contributed by atoms with Crippen molar-refractivity contribution >= 4 is 15.9 Å². The summed E-state index contributed by atoms with van der Waals surface area (Å²) in [5.41, 5.74) is 2.42. The largest absolute Gasteiger partial charge is 0.241 e. The lowest BCUT2D eigenvalue weighted by Crippen LogP contribution is -2.16. The monoisotopic (exact) mass is 332 g/mol. The number of aromatic nitrogens is 2. The van der Waals surface area contributed by atoms with Crippen LogP contribution in [0.4, 0.5) is 0 Å². The third-order valence-electron chi connectivity index (χ3n) is 4.42. The smallest absolute Gasteiger partial charge is 0.0645 e. The van der Waals surface area contributed by atoms with Crippen LogP contribution in [0.5, 0.6) is 0 Å². The van der Waals surface area contributed by atoms with Crippen molar-refractivity contribution < 1.29 is 0 Å². The van der Waals surface area contributed by atoms with Gasteiger partial charge in [-0.05, 0) is 36.8 Å². The molecule has 1 aromatic heterocycles. The summed E-state index contributed by atoms with van der Waals surface area (Å²) in [5, 5.41) is 4.50. The molecule has 0 spiro atoms. The Morgan fingerprint density at radius 3 is 2.55 bits per heavy atom. The summed E-state index contributed by atoms with van der Waals surface area (Å²) < 4.78 is 1.97. The number of benzene rings is 1. The Hall–Kier alpha value is -1.09. The van der Waals surface area contributed by atoms with Crippen molar-refractivity contribution in [1.82, 2.24) is 9.78 Å². The lowest BCUT2D eigenvalue weighted by Gasteiger charge is -2.29. The molecular formula is C17H21BrN2. The van der Waals surface area contributed by atoms with Crippen LogP contribution in [0, 0.1) is 11.8 Å². The third-order valence-corrected chi connectivity index (χ3v) is 5.69. The van der Waals surface area contributed by atoms with Crippen molar-refractivity contribution in [3.05, 3.63) is 48.3 Å². The highest BCUT2D eigenvalue weighted by molar-refractivity contribution is 9.09. The SMILES string of the molecule is CC1CCC(C(Br)c2cnn(-c3ccccc3)c2)CC1. The molecule has 1 saturated carbocycles. The fraction of sp³-hybridized carbons (Fsp3) is 0.471. The van der Waals surface area contributed by atoms with Crippen molar-refractivity contribution in [2.75, 3.05) is 0 Å². The topological polar surface area (TPSA) is 17.8 Å². The molecule has 1 atom stereocenters.